The largest absolute Gasteiger partial charge is 0.497 e. The zero-order valence-corrected chi connectivity index (χ0v) is 18.0. The Kier molecular flexibility index (Phi) is 7.73. The number of aliphatic hydroxyl groups is 2. The molecule has 1 saturated heterocycles. The number of hydrogen-bond donors (Lipinski definition) is 2. The molecule has 2 aromatic rings. The van der Waals surface area contributed by atoms with E-state index in [0.29, 0.717) is 5.75 Å². The predicted octanol–water partition coefficient (Wildman–Crippen LogP) is 2.27. The Labute approximate surface area is 177 Å². The van der Waals surface area contributed by atoms with Gasteiger partial charge in [-0.1, -0.05) is 15.9 Å². The fraction of sp³-hybridized carbons (Fsp3) is 0.316. The van der Waals surface area contributed by atoms with Crippen LogP contribution in [0.5, 0.6) is 5.75 Å². The highest BCUT2D eigenvalue weighted by Crippen LogP contribution is 2.27. The lowest BCUT2D eigenvalue weighted by Gasteiger charge is -2.20. The number of β-amino-alcohol motifs (C(OH)–C–C–N with tert-alkyl or cyclic N) is 1. The predicted molar refractivity (Wildman–Crippen MR) is 107 cm³/mol. The molecular formula is C19H20BrFN2O5S. The van der Waals surface area contributed by atoms with E-state index in [-0.39, 0.29) is 30.0 Å². The van der Waals surface area contributed by atoms with Crippen molar-refractivity contribution in [2.75, 3.05) is 26.8 Å². The zero-order chi connectivity index (χ0) is 21.7. The van der Waals surface area contributed by atoms with E-state index in [4.69, 9.17) is 15.1 Å². The number of hydrogen-bond acceptors (Lipinski definition) is 6. The smallest absolute Gasteiger partial charge is 0.243 e. The third-order valence-corrected chi connectivity index (χ3v) is 6.73. The summed E-state index contributed by atoms with van der Waals surface area (Å²) >= 11 is 3.24. The van der Waals surface area contributed by atoms with Gasteiger partial charge < -0.3 is 14.9 Å². The molecule has 1 aliphatic rings. The van der Waals surface area contributed by atoms with Gasteiger partial charge in [-0.05, 0) is 42.8 Å². The number of benzene rings is 2. The molecule has 10 heteroatoms. The van der Waals surface area contributed by atoms with Crippen LogP contribution in [0.3, 0.4) is 0 Å². The van der Waals surface area contributed by atoms with E-state index in [1.54, 1.807) is 24.3 Å². The zero-order valence-electron chi connectivity index (χ0n) is 15.5. The van der Waals surface area contributed by atoms with Crippen molar-refractivity contribution in [1.82, 2.24) is 4.31 Å². The highest BCUT2D eigenvalue weighted by atomic mass is 79.9. The molecule has 2 aromatic carbocycles. The Morgan fingerprint density at radius 2 is 1.97 bits per heavy atom. The van der Waals surface area contributed by atoms with Crippen molar-refractivity contribution in [3.05, 3.63) is 58.3 Å². The van der Waals surface area contributed by atoms with Crippen LogP contribution in [0.2, 0.25) is 0 Å². The molecule has 156 valence electrons. The van der Waals surface area contributed by atoms with Crippen molar-refractivity contribution in [3.8, 4) is 11.8 Å². The van der Waals surface area contributed by atoms with Crippen LogP contribution in [0.1, 0.15) is 12.0 Å². The van der Waals surface area contributed by atoms with Gasteiger partial charge >= 0.3 is 0 Å². The Morgan fingerprint density at radius 1 is 1.31 bits per heavy atom. The molecule has 29 heavy (non-hydrogen) atoms. The van der Waals surface area contributed by atoms with E-state index in [1.807, 2.05) is 0 Å². The lowest BCUT2D eigenvalue weighted by atomic mass is 10.1. The average molecular weight is 487 g/mol. The third kappa shape index (κ3) is 5.74. The lowest BCUT2D eigenvalue weighted by Crippen LogP contribution is -2.38. The van der Waals surface area contributed by atoms with Crippen molar-refractivity contribution in [3.63, 3.8) is 0 Å². The number of sulfonamides is 1. The van der Waals surface area contributed by atoms with Crippen LogP contribution in [-0.4, -0.2) is 55.3 Å². The average Bonchev–Trinajstić information content (AvgIpc) is 3.12. The maximum absolute atomic E-state index is 12.7. The minimum atomic E-state index is -3.60. The summed E-state index contributed by atoms with van der Waals surface area (Å²) in [6, 6.07) is 12.1. The SMILES string of the molecule is COc1ccc(C#N)c(F)c1.O=S(=O)(c1ccc(Br)cc1)N1CCC(O)(CO)C1. The molecule has 0 spiro atoms. The fourth-order valence-electron chi connectivity index (χ4n) is 2.62. The maximum Gasteiger partial charge on any atom is 0.243 e. The van der Waals surface area contributed by atoms with Gasteiger partial charge in [-0.15, -0.1) is 0 Å². The summed E-state index contributed by atoms with van der Waals surface area (Å²) in [7, 11) is -2.15. The van der Waals surface area contributed by atoms with Crippen molar-refractivity contribution in [1.29, 1.82) is 5.26 Å². The minimum absolute atomic E-state index is 0.0331. The first-order valence-electron chi connectivity index (χ1n) is 8.48. The molecule has 1 aliphatic heterocycles. The van der Waals surface area contributed by atoms with Gasteiger partial charge in [0.25, 0.3) is 0 Å². The second-order valence-corrected chi connectivity index (χ2v) is 9.24. The number of ether oxygens (including phenoxy) is 1. The van der Waals surface area contributed by atoms with Crippen LogP contribution in [0.25, 0.3) is 0 Å². The van der Waals surface area contributed by atoms with Gasteiger partial charge in [0, 0.05) is 23.6 Å². The van der Waals surface area contributed by atoms with E-state index in [9.17, 15) is 17.9 Å². The van der Waals surface area contributed by atoms with Crippen LogP contribution in [0, 0.1) is 17.1 Å². The second-order valence-electron chi connectivity index (χ2n) is 6.38. The molecular weight excluding hydrogens is 467 g/mol. The van der Waals surface area contributed by atoms with Gasteiger partial charge in [0.15, 0.2) is 0 Å². The van der Waals surface area contributed by atoms with E-state index < -0.39 is 28.0 Å². The summed E-state index contributed by atoms with van der Waals surface area (Å²) in [5.74, 6) is -0.131. The molecule has 7 nitrogen and oxygen atoms in total. The number of rotatable bonds is 4. The molecule has 1 fully saturated rings. The Hall–Kier alpha value is -2.03. The van der Waals surface area contributed by atoms with Gasteiger partial charge in [-0.25, -0.2) is 12.8 Å². The van der Waals surface area contributed by atoms with Crippen LogP contribution in [0.15, 0.2) is 51.8 Å². The normalized spacial score (nSPS) is 19.2. The summed E-state index contributed by atoms with van der Waals surface area (Å²) in [5.41, 5.74) is -1.28. The monoisotopic (exact) mass is 486 g/mol. The fourth-order valence-corrected chi connectivity index (χ4v) is 4.41. The molecule has 1 atom stereocenters. The highest BCUT2D eigenvalue weighted by molar-refractivity contribution is 9.10. The molecule has 0 bridgehead atoms. The molecule has 0 amide bonds. The van der Waals surface area contributed by atoms with Crippen molar-refractivity contribution >= 4 is 26.0 Å². The van der Waals surface area contributed by atoms with Gasteiger partial charge in [0.05, 0.1) is 24.2 Å². The van der Waals surface area contributed by atoms with Crippen LogP contribution in [0.4, 0.5) is 4.39 Å². The van der Waals surface area contributed by atoms with Gasteiger partial charge in [-0.2, -0.15) is 9.57 Å². The Balaban J connectivity index is 0.000000234. The summed E-state index contributed by atoms with van der Waals surface area (Å²) in [5, 5.41) is 27.3. The Morgan fingerprint density at radius 3 is 2.45 bits per heavy atom. The second kappa shape index (κ2) is 9.65. The van der Waals surface area contributed by atoms with Crippen molar-refractivity contribution < 1.29 is 27.8 Å². The molecule has 3 rings (SSSR count). The number of halogens is 2. The first kappa shape index (κ1) is 23.3. The summed E-state index contributed by atoms with van der Waals surface area (Å²) in [6.07, 6.45) is 0.249. The molecule has 1 unspecified atom stereocenters. The molecule has 0 radical (unpaired) electrons. The van der Waals surface area contributed by atoms with E-state index in [2.05, 4.69) is 15.9 Å². The quantitative estimate of drug-likeness (QED) is 0.685. The van der Waals surface area contributed by atoms with Gasteiger partial charge in [-0.3, -0.25) is 0 Å². The Bertz CT molecular complexity index is 995. The highest BCUT2D eigenvalue weighted by Gasteiger charge is 2.41. The summed E-state index contributed by atoms with van der Waals surface area (Å²) in [4.78, 5) is 0.188. The third-order valence-electron chi connectivity index (χ3n) is 4.34. The standard InChI is InChI=1S/C11H14BrNO4S.C8H6FNO/c12-9-1-3-10(4-2-9)18(16,17)13-6-5-11(15,7-13)8-14;1-11-7-3-2-6(5-10)8(9)4-7/h1-4,14-15H,5-8H2;2-4H,1H3. The minimum Gasteiger partial charge on any atom is -0.497 e. The summed E-state index contributed by atoms with van der Waals surface area (Å²) in [6.45, 7) is -0.281. The molecule has 0 aromatic heterocycles. The first-order chi connectivity index (χ1) is 13.6. The number of nitrogens with zero attached hydrogens (tertiary/aromatic N) is 2. The number of methoxy groups -OCH3 is 1. The summed E-state index contributed by atoms with van der Waals surface area (Å²) < 4.78 is 44.0. The molecule has 0 aliphatic carbocycles. The van der Waals surface area contributed by atoms with Gasteiger partial charge in [0.1, 0.15) is 23.2 Å². The topological polar surface area (TPSA) is 111 Å². The number of nitriles is 1. The van der Waals surface area contributed by atoms with E-state index in [1.165, 1.54) is 35.7 Å². The maximum atomic E-state index is 12.7. The molecule has 0 saturated carbocycles. The van der Waals surface area contributed by atoms with Crippen LogP contribution < -0.4 is 4.74 Å². The molecule has 2 N–H and O–H groups in total. The number of aliphatic hydroxyl groups excluding tert-OH is 1. The first-order valence-corrected chi connectivity index (χ1v) is 10.7. The van der Waals surface area contributed by atoms with Gasteiger partial charge in [0.2, 0.25) is 10.0 Å². The van der Waals surface area contributed by atoms with Crippen LogP contribution >= 0.6 is 15.9 Å². The van der Waals surface area contributed by atoms with E-state index in [0.717, 1.165) is 4.47 Å². The molecule has 1 heterocycles. The van der Waals surface area contributed by atoms with E-state index >= 15 is 0 Å². The van der Waals surface area contributed by atoms with Crippen LogP contribution in [-0.2, 0) is 10.0 Å². The lowest BCUT2D eigenvalue weighted by molar-refractivity contribution is -0.000734. The van der Waals surface area contributed by atoms with Crippen molar-refractivity contribution in [2.24, 2.45) is 0 Å². The van der Waals surface area contributed by atoms with Crippen molar-refractivity contribution in [2.45, 2.75) is 16.9 Å².